The maximum absolute atomic E-state index is 12.5. The molecule has 1 saturated carbocycles. The lowest BCUT2D eigenvalue weighted by Crippen LogP contribution is -2.35. The molecule has 1 fully saturated rings. The quantitative estimate of drug-likeness (QED) is 0.702. The second kappa shape index (κ2) is 6.87. The van der Waals surface area contributed by atoms with E-state index in [-0.39, 0.29) is 35.4 Å². The third kappa shape index (κ3) is 3.43. The summed E-state index contributed by atoms with van der Waals surface area (Å²) in [5.41, 5.74) is 0.679. The lowest BCUT2D eigenvalue weighted by atomic mass is 9.96. The van der Waals surface area contributed by atoms with Gasteiger partial charge in [0.25, 0.3) is 11.1 Å². The highest BCUT2D eigenvalue weighted by atomic mass is 16.2. The number of hydrogen-bond donors (Lipinski definition) is 2. The molecule has 1 aliphatic rings. The fourth-order valence-electron chi connectivity index (χ4n) is 3.48. The first kappa shape index (κ1) is 17.3. The van der Waals surface area contributed by atoms with Crippen molar-refractivity contribution >= 4 is 16.7 Å². The second-order valence-corrected chi connectivity index (χ2v) is 7.12. The lowest BCUT2D eigenvalue weighted by molar-refractivity contribution is -0.121. The Morgan fingerprint density at radius 2 is 1.67 bits per heavy atom. The predicted octanol–water partition coefficient (Wildman–Crippen LogP) is 1.93. The fourth-order valence-corrected chi connectivity index (χ4v) is 3.48. The highest BCUT2D eigenvalue weighted by Crippen LogP contribution is 2.47. The van der Waals surface area contributed by atoms with Gasteiger partial charge in [0.05, 0.1) is 17.3 Å². The molecule has 2 N–H and O–H groups in total. The van der Waals surface area contributed by atoms with Crippen molar-refractivity contribution in [2.45, 2.75) is 31.2 Å². The van der Waals surface area contributed by atoms with E-state index in [9.17, 15) is 14.4 Å². The summed E-state index contributed by atoms with van der Waals surface area (Å²) in [5.74, 6) is -0.127. The Kier molecular flexibility index (Phi) is 4.39. The molecular weight excluding hydrogens is 342 g/mol. The summed E-state index contributed by atoms with van der Waals surface area (Å²) in [6.45, 7) is 0.738. The van der Waals surface area contributed by atoms with Crippen LogP contribution >= 0.6 is 0 Å². The summed E-state index contributed by atoms with van der Waals surface area (Å²) >= 11 is 0. The van der Waals surface area contributed by atoms with Crippen LogP contribution in [0.15, 0.2) is 64.2 Å². The van der Waals surface area contributed by atoms with Crippen LogP contribution in [0.4, 0.5) is 0 Å². The van der Waals surface area contributed by atoms with Gasteiger partial charge in [0.15, 0.2) is 0 Å². The Balaban J connectivity index is 1.40. The topological polar surface area (TPSA) is 84.0 Å². The van der Waals surface area contributed by atoms with Gasteiger partial charge in [-0.05, 0) is 30.5 Å². The molecule has 138 valence electrons. The Labute approximate surface area is 155 Å². The predicted molar refractivity (Wildman–Crippen MR) is 104 cm³/mol. The number of H-pyrrole nitrogens is 1. The van der Waals surface area contributed by atoms with Crippen LogP contribution in [-0.2, 0) is 16.8 Å². The van der Waals surface area contributed by atoms with E-state index in [4.69, 9.17) is 0 Å². The van der Waals surface area contributed by atoms with E-state index in [0.717, 1.165) is 12.8 Å². The molecule has 0 radical (unpaired) electrons. The molecule has 2 aromatic carbocycles. The van der Waals surface area contributed by atoms with Crippen LogP contribution in [0, 0.1) is 0 Å². The van der Waals surface area contributed by atoms with Gasteiger partial charge in [-0.15, -0.1) is 0 Å². The van der Waals surface area contributed by atoms with Crippen LogP contribution in [0.1, 0.15) is 24.8 Å². The molecule has 0 spiro atoms. The van der Waals surface area contributed by atoms with Crippen LogP contribution in [0.5, 0.6) is 0 Å². The molecule has 4 rings (SSSR count). The molecule has 0 saturated heterocycles. The number of aromatic amines is 1. The number of hydrogen-bond acceptors (Lipinski definition) is 3. The van der Waals surface area contributed by atoms with Crippen molar-refractivity contribution in [3.63, 3.8) is 0 Å². The molecule has 6 nitrogen and oxygen atoms in total. The number of nitrogens with zero attached hydrogens (tertiary/aromatic N) is 1. The monoisotopic (exact) mass is 363 g/mol. The molecule has 0 atom stereocenters. The Morgan fingerprint density at radius 3 is 2.37 bits per heavy atom. The number of aryl methyl sites for hydroxylation is 1. The number of nitrogens with one attached hydrogen (secondary N) is 2. The zero-order valence-corrected chi connectivity index (χ0v) is 14.9. The Bertz CT molecular complexity index is 1090. The van der Waals surface area contributed by atoms with E-state index < -0.39 is 0 Å². The van der Waals surface area contributed by atoms with Crippen molar-refractivity contribution in [1.29, 1.82) is 0 Å². The summed E-state index contributed by atoms with van der Waals surface area (Å²) in [7, 11) is 0. The standard InChI is InChI=1S/C21H21N3O3/c25-18(22-14-21(11-12-21)15-6-2-1-3-7-15)10-13-24-20(27)17-9-5-4-8-16(17)19(26)23-24/h1-9H,10-14H2,(H,22,25)(H,23,26). The minimum Gasteiger partial charge on any atom is -0.355 e. The van der Waals surface area contributed by atoms with E-state index in [0.29, 0.717) is 17.3 Å². The number of carbonyl (C=O) groups is 1. The SMILES string of the molecule is O=C(CCn1[nH]c(=O)c2ccccc2c1=O)NCC1(c2ccccc2)CC1. The normalized spacial score (nSPS) is 14.8. The van der Waals surface area contributed by atoms with E-state index in [2.05, 4.69) is 22.5 Å². The average molecular weight is 363 g/mol. The lowest BCUT2D eigenvalue weighted by Gasteiger charge is -2.16. The molecule has 0 unspecified atom stereocenters. The van der Waals surface area contributed by atoms with E-state index in [1.165, 1.54) is 10.2 Å². The van der Waals surface area contributed by atoms with Crippen molar-refractivity contribution in [2.24, 2.45) is 0 Å². The summed E-state index contributed by atoms with van der Waals surface area (Å²) in [6, 6.07) is 16.9. The molecule has 1 aliphatic carbocycles. The van der Waals surface area contributed by atoms with Crippen molar-refractivity contribution < 1.29 is 4.79 Å². The number of amides is 1. The number of rotatable bonds is 6. The first-order valence-electron chi connectivity index (χ1n) is 9.13. The maximum atomic E-state index is 12.5. The van der Waals surface area contributed by atoms with Crippen molar-refractivity contribution in [2.75, 3.05) is 6.54 Å². The number of aromatic nitrogens is 2. The largest absolute Gasteiger partial charge is 0.355 e. The number of fused-ring (bicyclic) bond motifs is 1. The molecule has 6 heteroatoms. The Hall–Kier alpha value is -3.15. The summed E-state index contributed by atoms with van der Waals surface area (Å²) < 4.78 is 1.22. The molecule has 1 heterocycles. The third-order valence-corrected chi connectivity index (χ3v) is 5.31. The van der Waals surface area contributed by atoms with Crippen molar-refractivity contribution in [3.8, 4) is 0 Å². The maximum Gasteiger partial charge on any atom is 0.273 e. The van der Waals surface area contributed by atoms with Crippen molar-refractivity contribution in [3.05, 3.63) is 80.9 Å². The van der Waals surface area contributed by atoms with Gasteiger partial charge in [0.1, 0.15) is 0 Å². The van der Waals surface area contributed by atoms with Crippen LogP contribution in [0.3, 0.4) is 0 Å². The van der Waals surface area contributed by atoms with E-state index in [1.54, 1.807) is 24.3 Å². The highest BCUT2D eigenvalue weighted by Gasteiger charge is 2.44. The molecule has 1 aromatic heterocycles. The fraction of sp³-hybridized carbons (Fsp3) is 0.286. The van der Waals surface area contributed by atoms with Gasteiger partial charge in [0, 0.05) is 18.4 Å². The highest BCUT2D eigenvalue weighted by molar-refractivity contribution is 5.80. The van der Waals surface area contributed by atoms with Gasteiger partial charge in [-0.25, -0.2) is 4.68 Å². The number of carbonyl (C=O) groups excluding carboxylic acids is 1. The van der Waals surface area contributed by atoms with Crippen LogP contribution in [0.2, 0.25) is 0 Å². The Morgan fingerprint density at radius 1 is 1.00 bits per heavy atom. The van der Waals surface area contributed by atoms with Crippen LogP contribution in [-0.4, -0.2) is 22.2 Å². The smallest absolute Gasteiger partial charge is 0.273 e. The molecule has 3 aromatic rings. The van der Waals surface area contributed by atoms with Crippen molar-refractivity contribution in [1.82, 2.24) is 15.1 Å². The second-order valence-electron chi connectivity index (χ2n) is 7.12. The minimum absolute atomic E-state index is 0.0466. The van der Waals surface area contributed by atoms with Gasteiger partial charge in [-0.3, -0.25) is 19.5 Å². The summed E-state index contributed by atoms with van der Waals surface area (Å²) in [5, 5.41) is 6.26. The van der Waals surface area contributed by atoms with Gasteiger partial charge >= 0.3 is 0 Å². The van der Waals surface area contributed by atoms with Gasteiger partial charge < -0.3 is 5.32 Å². The number of benzene rings is 2. The average Bonchev–Trinajstić information content (AvgIpc) is 3.50. The first-order valence-corrected chi connectivity index (χ1v) is 9.13. The van der Waals surface area contributed by atoms with Gasteiger partial charge in [-0.1, -0.05) is 42.5 Å². The zero-order chi connectivity index (χ0) is 18.9. The molecule has 27 heavy (non-hydrogen) atoms. The van der Waals surface area contributed by atoms with E-state index >= 15 is 0 Å². The summed E-state index contributed by atoms with van der Waals surface area (Å²) in [6.07, 6.45) is 2.27. The minimum atomic E-state index is -0.327. The third-order valence-electron chi connectivity index (χ3n) is 5.31. The van der Waals surface area contributed by atoms with E-state index in [1.807, 2.05) is 18.2 Å². The van der Waals surface area contributed by atoms with Gasteiger partial charge in [0.2, 0.25) is 5.91 Å². The zero-order valence-electron chi connectivity index (χ0n) is 14.9. The van der Waals surface area contributed by atoms with Gasteiger partial charge in [-0.2, -0.15) is 0 Å². The molecular formula is C21H21N3O3. The molecule has 0 bridgehead atoms. The molecule has 1 amide bonds. The van der Waals surface area contributed by atoms with Crippen LogP contribution < -0.4 is 16.4 Å². The summed E-state index contributed by atoms with van der Waals surface area (Å²) in [4.78, 5) is 36.8. The molecule has 0 aliphatic heterocycles. The van der Waals surface area contributed by atoms with Crippen LogP contribution in [0.25, 0.3) is 10.8 Å². The first-order chi connectivity index (χ1) is 13.1.